The van der Waals surface area contributed by atoms with Crippen LogP contribution in [0.3, 0.4) is 0 Å². The molecule has 3 N–H and O–H groups in total. The Balaban J connectivity index is 1.76. The molecule has 100 valence electrons. The van der Waals surface area contributed by atoms with E-state index in [9.17, 15) is 4.79 Å². The number of furan rings is 1. The van der Waals surface area contributed by atoms with Crippen molar-refractivity contribution in [2.45, 2.75) is 39.2 Å². The summed E-state index contributed by atoms with van der Waals surface area (Å²) < 4.78 is 10.9. The number of hydrazine groups is 1. The molecule has 1 aromatic heterocycles. The van der Waals surface area contributed by atoms with Gasteiger partial charge in [0, 0.05) is 12.2 Å². The molecule has 1 fully saturated rings. The number of rotatable bonds is 6. The molecule has 0 aliphatic heterocycles. The van der Waals surface area contributed by atoms with Crippen LogP contribution in [0.25, 0.3) is 0 Å². The van der Waals surface area contributed by atoms with Gasteiger partial charge in [-0.1, -0.05) is 19.3 Å². The molecule has 0 aromatic carbocycles. The van der Waals surface area contributed by atoms with Crippen LogP contribution in [0, 0.1) is 12.8 Å². The summed E-state index contributed by atoms with van der Waals surface area (Å²) in [5, 5.41) is 0. The number of nitrogens with two attached hydrogens (primary N) is 1. The number of carbonyl (C=O) groups is 1. The van der Waals surface area contributed by atoms with Gasteiger partial charge in [0.1, 0.15) is 12.4 Å². The largest absolute Gasteiger partial charge is 0.453 e. The van der Waals surface area contributed by atoms with Crippen molar-refractivity contribution in [1.82, 2.24) is 5.43 Å². The van der Waals surface area contributed by atoms with Gasteiger partial charge in [-0.3, -0.25) is 10.2 Å². The number of ether oxygens (including phenoxy) is 1. The smallest absolute Gasteiger partial charge is 0.301 e. The van der Waals surface area contributed by atoms with Crippen LogP contribution >= 0.6 is 0 Å². The SMILES string of the molecule is Cc1cc(COCCC2CCC2)oc1C(=O)NN. The summed E-state index contributed by atoms with van der Waals surface area (Å²) in [6.07, 6.45) is 5.16. The van der Waals surface area contributed by atoms with E-state index in [0.29, 0.717) is 12.4 Å². The first-order chi connectivity index (χ1) is 8.70. The molecule has 1 saturated carbocycles. The molecular weight excluding hydrogens is 232 g/mol. The minimum atomic E-state index is -0.409. The van der Waals surface area contributed by atoms with Crippen LogP contribution in [0.5, 0.6) is 0 Å². The first kappa shape index (κ1) is 13.1. The molecule has 1 aromatic rings. The number of hydrogen-bond acceptors (Lipinski definition) is 4. The fraction of sp³-hybridized carbons (Fsp3) is 0.615. The van der Waals surface area contributed by atoms with Crippen LogP contribution in [0.1, 0.15) is 47.6 Å². The molecule has 0 bridgehead atoms. The number of carbonyl (C=O) groups excluding carboxylic acids is 1. The normalized spacial score (nSPS) is 15.4. The van der Waals surface area contributed by atoms with Crippen molar-refractivity contribution < 1.29 is 13.9 Å². The number of aryl methyl sites for hydroxylation is 1. The molecule has 0 unspecified atom stereocenters. The van der Waals surface area contributed by atoms with Gasteiger partial charge in [-0.05, 0) is 25.3 Å². The first-order valence-electron chi connectivity index (χ1n) is 6.38. The van der Waals surface area contributed by atoms with E-state index in [2.05, 4.69) is 5.43 Å². The monoisotopic (exact) mass is 252 g/mol. The molecular formula is C13H20N2O3. The lowest BCUT2D eigenvalue weighted by Crippen LogP contribution is -2.30. The van der Waals surface area contributed by atoms with Gasteiger partial charge in [0.05, 0.1) is 0 Å². The van der Waals surface area contributed by atoms with Crippen molar-refractivity contribution in [1.29, 1.82) is 0 Å². The topological polar surface area (TPSA) is 77.5 Å². The highest BCUT2D eigenvalue weighted by Gasteiger charge is 2.17. The lowest BCUT2D eigenvalue weighted by Gasteiger charge is -2.24. The second-order valence-corrected chi connectivity index (χ2v) is 4.84. The van der Waals surface area contributed by atoms with Crippen LogP contribution in [0.15, 0.2) is 10.5 Å². The summed E-state index contributed by atoms with van der Waals surface area (Å²) in [6.45, 7) is 2.97. The van der Waals surface area contributed by atoms with Gasteiger partial charge in [0.2, 0.25) is 0 Å². The molecule has 1 aliphatic rings. The van der Waals surface area contributed by atoms with E-state index < -0.39 is 5.91 Å². The minimum absolute atomic E-state index is 0.259. The Bertz CT molecular complexity index is 410. The molecule has 0 atom stereocenters. The van der Waals surface area contributed by atoms with Crippen molar-refractivity contribution in [2.75, 3.05) is 6.61 Å². The lowest BCUT2D eigenvalue weighted by molar-refractivity contribution is 0.0802. The summed E-state index contributed by atoms with van der Waals surface area (Å²) in [6, 6.07) is 1.81. The fourth-order valence-electron chi connectivity index (χ4n) is 2.11. The maximum atomic E-state index is 11.3. The van der Waals surface area contributed by atoms with Crippen molar-refractivity contribution >= 4 is 5.91 Å². The Labute approximate surface area is 107 Å². The standard InChI is InChI=1S/C13H20N2O3/c1-9-7-11(18-12(9)13(16)15-14)8-17-6-5-10-3-2-4-10/h7,10H,2-6,8,14H2,1H3,(H,15,16). The van der Waals surface area contributed by atoms with Gasteiger partial charge in [-0.25, -0.2) is 5.84 Å². The van der Waals surface area contributed by atoms with Gasteiger partial charge in [-0.2, -0.15) is 0 Å². The maximum Gasteiger partial charge on any atom is 0.301 e. The van der Waals surface area contributed by atoms with Crippen LogP contribution in [-0.2, 0) is 11.3 Å². The fourth-order valence-corrected chi connectivity index (χ4v) is 2.11. The van der Waals surface area contributed by atoms with Gasteiger partial charge in [-0.15, -0.1) is 0 Å². The third kappa shape index (κ3) is 3.11. The lowest BCUT2D eigenvalue weighted by atomic mass is 9.83. The van der Waals surface area contributed by atoms with E-state index in [1.165, 1.54) is 19.3 Å². The molecule has 1 amide bonds. The summed E-state index contributed by atoms with van der Waals surface area (Å²) in [5.74, 6) is 6.43. The molecule has 2 rings (SSSR count). The van der Waals surface area contributed by atoms with Crippen LogP contribution in [0.2, 0.25) is 0 Å². The minimum Gasteiger partial charge on any atom is -0.453 e. The first-order valence-corrected chi connectivity index (χ1v) is 6.38. The third-order valence-corrected chi connectivity index (χ3v) is 3.45. The Morgan fingerprint density at radius 1 is 1.61 bits per heavy atom. The van der Waals surface area contributed by atoms with Gasteiger partial charge in [0.15, 0.2) is 5.76 Å². The average Bonchev–Trinajstić information content (AvgIpc) is 2.67. The zero-order valence-corrected chi connectivity index (χ0v) is 10.7. The van der Waals surface area contributed by atoms with E-state index in [0.717, 1.165) is 24.5 Å². The molecule has 1 aliphatic carbocycles. The van der Waals surface area contributed by atoms with Gasteiger partial charge >= 0.3 is 5.91 Å². The Kier molecular flexibility index (Phi) is 4.38. The predicted octanol–water partition coefficient (Wildman–Crippen LogP) is 1.90. The van der Waals surface area contributed by atoms with Crippen LogP contribution in [0.4, 0.5) is 0 Å². The molecule has 5 nitrogen and oxygen atoms in total. The average molecular weight is 252 g/mol. The van der Waals surface area contributed by atoms with E-state index in [-0.39, 0.29) is 5.76 Å². The highest BCUT2D eigenvalue weighted by atomic mass is 16.5. The number of nitrogen functional groups attached to an aromatic ring is 1. The zero-order valence-electron chi connectivity index (χ0n) is 10.7. The van der Waals surface area contributed by atoms with Gasteiger partial charge in [0.25, 0.3) is 0 Å². The van der Waals surface area contributed by atoms with Crippen molar-refractivity contribution in [3.05, 3.63) is 23.2 Å². The van der Waals surface area contributed by atoms with E-state index in [4.69, 9.17) is 15.0 Å². The summed E-state index contributed by atoms with van der Waals surface area (Å²) in [7, 11) is 0. The predicted molar refractivity (Wildman–Crippen MR) is 66.7 cm³/mol. The highest BCUT2D eigenvalue weighted by Crippen LogP contribution is 2.29. The number of nitrogens with one attached hydrogen (secondary N) is 1. The number of hydrogen-bond donors (Lipinski definition) is 2. The third-order valence-electron chi connectivity index (χ3n) is 3.45. The second-order valence-electron chi connectivity index (χ2n) is 4.84. The van der Waals surface area contributed by atoms with Crippen LogP contribution in [-0.4, -0.2) is 12.5 Å². The Morgan fingerprint density at radius 3 is 3.00 bits per heavy atom. The van der Waals surface area contributed by atoms with Crippen LogP contribution < -0.4 is 11.3 Å². The van der Waals surface area contributed by atoms with E-state index in [1.54, 1.807) is 0 Å². The summed E-state index contributed by atoms with van der Waals surface area (Å²) >= 11 is 0. The molecule has 0 radical (unpaired) electrons. The zero-order chi connectivity index (χ0) is 13.0. The summed E-state index contributed by atoms with van der Waals surface area (Å²) in [5.41, 5.74) is 2.83. The van der Waals surface area contributed by atoms with Crippen molar-refractivity contribution in [3.8, 4) is 0 Å². The molecule has 0 spiro atoms. The Morgan fingerprint density at radius 2 is 2.39 bits per heavy atom. The molecule has 0 saturated heterocycles. The van der Waals surface area contributed by atoms with Gasteiger partial charge < -0.3 is 9.15 Å². The van der Waals surface area contributed by atoms with E-state index in [1.807, 2.05) is 13.0 Å². The Hall–Kier alpha value is -1.33. The number of amides is 1. The van der Waals surface area contributed by atoms with Crippen molar-refractivity contribution in [2.24, 2.45) is 11.8 Å². The molecule has 1 heterocycles. The second kappa shape index (κ2) is 6.02. The van der Waals surface area contributed by atoms with Crippen molar-refractivity contribution in [3.63, 3.8) is 0 Å². The highest BCUT2D eigenvalue weighted by molar-refractivity contribution is 5.92. The molecule has 5 heteroatoms. The quantitative estimate of drug-likeness (QED) is 0.351. The van der Waals surface area contributed by atoms with E-state index >= 15 is 0 Å². The summed E-state index contributed by atoms with van der Waals surface area (Å²) in [4.78, 5) is 11.3. The molecule has 18 heavy (non-hydrogen) atoms. The maximum absolute atomic E-state index is 11.3.